The molecule has 2 aliphatic rings. The maximum absolute atomic E-state index is 5.70. The highest BCUT2D eigenvalue weighted by molar-refractivity contribution is 5.79. The number of hydrogen-bond acceptors (Lipinski definition) is 4. The Balaban J connectivity index is 1.56. The standard InChI is InChI=1S/C16H27N5O2/c1-17-16(21-7-8-23-14(11-21)12-22-2)18-9-13-10-20-6-4-3-5-15(20)19-13/h10,14H,3-9,11-12H2,1-2H3,(H,17,18). The summed E-state index contributed by atoms with van der Waals surface area (Å²) < 4.78 is 13.2. The first kappa shape index (κ1) is 16.3. The summed E-state index contributed by atoms with van der Waals surface area (Å²) in [6.07, 6.45) is 5.87. The van der Waals surface area contributed by atoms with E-state index in [1.807, 2.05) is 7.05 Å². The highest BCUT2D eigenvalue weighted by Gasteiger charge is 2.23. The number of methoxy groups -OCH3 is 1. The third kappa shape index (κ3) is 4.03. The number of aryl methyl sites for hydroxylation is 2. The van der Waals surface area contributed by atoms with Crippen LogP contribution in [0.2, 0.25) is 0 Å². The van der Waals surface area contributed by atoms with Crippen molar-refractivity contribution in [1.29, 1.82) is 0 Å². The molecule has 0 radical (unpaired) electrons. The normalized spacial score (nSPS) is 22.1. The zero-order valence-corrected chi connectivity index (χ0v) is 14.1. The average Bonchev–Trinajstić information content (AvgIpc) is 2.99. The number of nitrogens with zero attached hydrogens (tertiary/aromatic N) is 4. The molecular formula is C16H27N5O2. The molecule has 0 aliphatic carbocycles. The van der Waals surface area contributed by atoms with Crippen LogP contribution in [0.25, 0.3) is 0 Å². The predicted molar refractivity (Wildman–Crippen MR) is 88.6 cm³/mol. The van der Waals surface area contributed by atoms with Gasteiger partial charge in [-0.1, -0.05) is 0 Å². The van der Waals surface area contributed by atoms with Gasteiger partial charge in [-0.3, -0.25) is 4.99 Å². The molecule has 1 N–H and O–H groups in total. The smallest absolute Gasteiger partial charge is 0.194 e. The van der Waals surface area contributed by atoms with Crippen LogP contribution in [-0.2, 0) is 29.0 Å². The zero-order valence-electron chi connectivity index (χ0n) is 14.1. The first-order chi connectivity index (χ1) is 11.3. The lowest BCUT2D eigenvalue weighted by Crippen LogP contribution is -2.51. The second-order valence-corrected chi connectivity index (χ2v) is 6.09. The molecule has 128 valence electrons. The number of ether oxygens (including phenoxy) is 2. The summed E-state index contributed by atoms with van der Waals surface area (Å²) in [4.78, 5) is 11.4. The van der Waals surface area contributed by atoms with Gasteiger partial charge in [0.05, 0.1) is 31.6 Å². The Bertz CT molecular complexity index is 517. The minimum absolute atomic E-state index is 0.104. The summed E-state index contributed by atoms with van der Waals surface area (Å²) in [5.41, 5.74) is 1.09. The lowest BCUT2D eigenvalue weighted by atomic mass is 10.2. The van der Waals surface area contributed by atoms with Crippen LogP contribution in [-0.4, -0.2) is 67.0 Å². The summed E-state index contributed by atoms with van der Waals surface area (Å²) in [5.74, 6) is 2.12. The van der Waals surface area contributed by atoms with Gasteiger partial charge in [0, 0.05) is 46.4 Å². The second-order valence-electron chi connectivity index (χ2n) is 6.09. The number of guanidine groups is 1. The van der Waals surface area contributed by atoms with Gasteiger partial charge >= 0.3 is 0 Å². The maximum atomic E-state index is 5.70. The van der Waals surface area contributed by atoms with Crippen molar-refractivity contribution in [2.45, 2.75) is 38.5 Å². The first-order valence-electron chi connectivity index (χ1n) is 8.41. The van der Waals surface area contributed by atoms with Crippen LogP contribution in [0.1, 0.15) is 24.4 Å². The lowest BCUT2D eigenvalue weighted by molar-refractivity contribution is -0.0447. The largest absolute Gasteiger partial charge is 0.382 e. The summed E-state index contributed by atoms with van der Waals surface area (Å²) >= 11 is 0. The van der Waals surface area contributed by atoms with E-state index in [9.17, 15) is 0 Å². The van der Waals surface area contributed by atoms with Gasteiger partial charge < -0.3 is 24.3 Å². The molecule has 1 aromatic rings. The average molecular weight is 321 g/mol. The van der Waals surface area contributed by atoms with Crippen molar-refractivity contribution in [3.63, 3.8) is 0 Å². The Morgan fingerprint density at radius 3 is 3.17 bits per heavy atom. The number of rotatable bonds is 4. The molecule has 1 saturated heterocycles. The molecule has 3 rings (SSSR count). The van der Waals surface area contributed by atoms with Gasteiger partial charge in [-0.2, -0.15) is 0 Å². The summed E-state index contributed by atoms with van der Waals surface area (Å²) in [7, 11) is 3.53. The van der Waals surface area contributed by atoms with Crippen LogP contribution in [0.5, 0.6) is 0 Å². The van der Waals surface area contributed by atoms with E-state index >= 15 is 0 Å². The second kappa shape index (κ2) is 7.79. The van der Waals surface area contributed by atoms with Crippen molar-refractivity contribution in [2.75, 3.05) is 40.5 Å². The number of fused-ring (bicyclic) bond motifs is 1. The van der Waals surface area contributed by atoms with Crippen molar-refractivity contribution < 1.29 is 9.47 Å². The SMILES string of the molecule is CN=C(NCc1cn2c(n1)CCCC2)N1CCOC(COC)C1. The van der Waals surface area contributed by atoms with Crippen LogP contribution in [0.4, 0.5) is 0 Å². The molecule has 23 heavy (non-hydrogen) atoms. The van der Waals surface area contributed by atoms with Crippen molar-refractivity contribution in [3.8, 4) is 0 Å². The molecule has 2 aliphatic heterocycles. The third-order valence-corrected chi connectivity index (χ3v) is 4.39. The minimum atomic E-state index is 0.104. The van der Waals surface area contributed by atoms with Crippen molar-refractivity contribution in [1.82, 2.24) is 19.8 Å². The lowest BCUT2D eigenvalue weighted by Gasteiger charge is -2.34. The maximum Gasteiger partial charge on any atom is 0.194 e. The van der Waals surface area contributed by atoms with Gasteiger partial charge in [0.2, 0.25) is 0 Å². The van der Waals surface area contributed by atoms with Crippen LogP contribution in [0.3, 0.4) is 0 Å². The summed E-state index contributed by atoms with van der Waals surface area (Å²) in [5, 5.41) is 3.43. The van der Waals surface area contributed by atoms with Crippen LogP contribution >= 0.6 is 0 Å². The molecule has 0 amide bonds. The third-order valence-electron chi connectivity index (χ3n) is 4.39. The molecule has 7 nitrogen and oxygen atoms in total. The molecule has 1 unspecified atom stereocenters. The Kier molecular flexibility index (Phi) is 5.51. The Morgan fingerprint density at radius 2 is 2.39 bits per heavy atom. The Labute approximate surface area is 137 Å². The number of aliphatic imine (C=N–C) groups is 1. The minimum Gasteiger partial charge on any atom is -0.382 e. The Morgan fingerprint density at radius 1 is 1.48 bits per heavy atom. The number of aromatic nitrogens is 2. The fourth-order valence-electron chi connectivity index (χ4n) is 3.26. The fraction of sp³-hybridized carbons (Fsp3) is 0.750. The topological polar surface area (TPSA) is 63.9 Å². The molecule has 0 spiro atoms. The molecule has 0 aromatic carbocycles. The molecule has 7 heteroatoms. The summed E-state index contributed by atoms with van der Waals surface area (Å²) in [6, 6.07) is 0. The van der Waals surface area contributed by atoms with Gasteiger partial charge in [-0.25, -0.2) is 4.98 Å². The van der Waals surface area contributed by atoms with Gasteiger partial charge in [0.1, 0.15) is 5.82 Å². The van der Waals surface area contributed by atoms with E-state index in [4.69, 9.17) is 14.5 Å². The van der Waals surface area contributed by atoms with E-state index in [0.29, 0.717) is 19.8 Å². The quantitative estimate of drug-likeness (QED) is 0.651. The Hall–Kier alpha value is -1.60. The van der Waals surface area contributed by atoms with Crippen molar-refractivity contribution >= 4 is 5.96 Å². The molecular weight excluding hydrogens is 294 g/mol. The predicted octanol–water partition coefficient (Wildman–Crippen LogP) is 0.642. The highest BCUT2D eigenvalue weighted by Crippen LogP contribution is 2.14. The zero-order chi connectivity index (χ0) is 16.1. The highest BCUT2D eigenvalue weighted by atomic mass is 16.5. The van der Waals surface area contributed by atoms with Crippen LogP contribution in [0, 0.1) is 0 Å². The van der Waals surface area contributed by atoms with Crippen molar-refractivity contribution in [2.24, 2.45) is 4.99 Å². The number of hydrogen-bond donors (Lipinski definition) is 1. The van der Waals surface area contributed by atoms with E-state index in [0.717, 1.165) is 37.7 Å². The van der Waals surface area contributed by atoms with E-state index in [1.54, 1.807) is 7.11 Å². The van der Waals surface area contributed by atoms with E-state index < -0.39 is 0 Å². The molecule has 3 heterocycles. The van der Waals surface area contributed by atoms with E-state index in [1.165, 1.54) is 18.7 Å². The van der Waals surface area contributed by atoms with Crippen molar-refractivity contribution in [3.05, 3.63) is 17.7 Å². The number of morpholine rings is 1. The number of imidazole rings is 1. The number of nitrogens with one attached hydrogen (secondary N) is 1. The molecule has 1 atom stereocenters. The van der Waals surface area contributed by atoms with Crippen LogP contribution in [0.15, 0.2) is 11.2 Å². The van der Waals surface area contributed by atoms with Gasteiger partial charge in [0.25, 0.3) is 0 Å². The molecule has 0 saturated carbocycles. The first-order valence-corrected chi connectivity index (χ1v) is 8.41. The van der Waals surface area contributed by atoms with Gasteiger partial charge in [-0.15, -0.1) is 0 Å². The summed E-state index contributed by atoms with van der Waals surface area (Å²) in [6.45, 7) is 4.76. The fourth-order valence-corrected chi connectivity index (χ4v) is 3.26. The van der Waals surface area contributed by atoms with E-state index in [-0.39, 0.29) is 6.10 Å². The van der Waals surface area contributed by atoms with Gasteiger partial charge in [0.15, 0.2) is 5.96 Å². The van der Waals surface area contributed by atoms with E-state index in [2.05, 4.69) is 26.0 Å². The van der Waals surface area contributed by atoms with Gasteiger partial charge in [-0.05, 0) is 12.8 Å². The molecule has 1 fully saturated rings. The molecule has 1 aromatic heterocycles. The molecule has 0 bridgehead atoms. The van der Waals surface area contributed by atoms with Crippen LogP contribution < -0.4 is 5.32 Å². The monoisotopic (exact) mass is 321 g/mol.